The second kappa shape index (κ2) is 5.15. The molecule has 0 amide bonds. The first-order valence-corrected chi connectivity index (χ1v) is 5.57. The van der Waals surface area contributed by atoms with Gasteiger partial charge in [-0.3, -0.25) is 0 Å². The molecule has 0 fully saturated rings. The van der Waals surface area contributed by atoms with Crippen LogP contribution in [0.4, 0.5) is 10.1 Å². The molecule has 84 valence electrons. The van der Waals surface area contributed by atoms with Gasteiger partial charge in [0.05, 0.1) is 0 Å². The standard InChI is InChI=1S/C13H20FN/c1-5-9(2)11(4)15-12-6-7-13(14)10(3)8-12/h6-9,11,15H,5H2,1-4H3. The summed E-state index contributed by atoms with van der Waals surface area (Å²) in [6.07, 6.45) is 1.15. The lowest BCUT2D eigenvalue weighted by Gasteiger charge is -2.21. The van der Waals surface area contributed by atoms with E-state index in [9.17, 15) is 4.39 Å². The van der Waals surface area contributed by atoms with E-state index in [1.165, 1.54) is 6.07 Å². The molecule has 1 aromatic carbocycles. The fourth-order valence-electron chi connectivity index (χ4n) is 1.49. The van der Waals surface area contributed by atoms with Gasteiger partial charge in [-0.05, 0) is 43.5 Å². The molecular formula is C13H20FN. The zero-order valence-corrected chi connectivity index (χ0v) is 9.97. The number of rotatable bonds is 4. The third kappa shape index (κ3) is 3.22. The van der Waals surface area contributed by atoms with Crippen LogP contribution in [0.15, 0.2) is 18.2 Å². The lowest BCUT2D eigenvalue weighted by atomic mass is 10.0. The van der Waals surface area contributed by atoms with Crippen LogP contribution in [0.25, 0.3) is 0 Å². The van der Waals surface area contributed by atoms with Gasteiger partial charge < -0.3 is 5.32 Å². The van der Waals surface area contributed by atoms with Gasteiger partial charge in [-0.25, -0.2) is 4.39 Å². The maximum atomic E-state index is 13.0. The Labute approximate surface area is 91.7 Å². The first-order valence-electron chi connectivity index (χ1n) is 5.57. The Balaban J connectivity index is 2.68. The Morgan fingerprint density at radius 2 is 2.00 bits per heavy atom. The first kappa shape index (κ1) is 12.0. The summed E-state index contributed by atoms with van der Waals surface area (Å²) in [7, 11) is 0. The van der Waals surface area contributed by atoms with Crippen molar-refractivity contribution in [1.29, 1.82) is 0 Å². The van der Waals surface area contributed by atoms with Gasteiger partial charge in [0, 0.05) is 11.7 Å². The Hall–Kier alpha value is -1.05. The van der Waals surface area contributed by atoms with Gasteiger partial charge >= 0.3 is 0 Å². The van der Waals surface area contributed by atoms with Crippen molar-refractivity contribution in [3.8, 4) is 0 Å². The molecule has 0 bridgehead atoms. The van der Waals surface area contributed by atoms with Gasteiger partial charge in [0.15, 0.2) is 0 Å². The van der Waals surface area contributed by atoms with Crippen molar-refractivity contribution in [2.24, 2.45) is 5.92 Å². The zero-order valence-electron chi connectivity index (χ0n) is 9.97. The van der Waals surface area contributed by atoms with Crippen LogP contribution in [-0.4, -0.2) is 6.04 Å². The normalized spacial score (nSPS) is 14.7. The van der Waals surface area contributed by atoms with Crippen molar-refractivity contribution in [2.75, 3.05) is 5.32 Å². The molecule has 0 radical (unpaired) electrons. The van der Waals surface area contributed by atoms with Crippen molar-refractivity contribution >= 4 is 5.69 Å². The average molecular weight is 209 g/mol. The van der Waals surface area contributed by atoms with E-state index in [4.69, 9.17) is 0 Å². The molecule has 0 spiro atoms. The minimum Gasteiger partial charge on any atom is -0.382 e. The van der Waals surface area contributed by atoms with Crippen LogP contribution in [0.3, 0.4) is 0 Å². The summed E-state index contributed by atoms with van der Waals surface area (Å²) in [5.74, 6) is 0.479. The van der Waals surface area contributed by atoms with Crippen molar-refractivity contribution in [3.05, 3.63) is 29.6 Å². The van der Waals surface area contributed by atoms with Crippen LogP contribution >= 0.6 is 0 Å². The molecule has 1 N–H and O–H groups in total. The van der Waals surface area contributed by atoms with E-state index in [0.29, 0.717) is 17.5 Å². The van der Waals surface area contributed by atoms with Gasteiger partial charge in [-0.1, -0.05) is 20.3 Å². The molecule has 0 heterocycles. The fourth-order valence-corrected chi connectivity index (χ4v) is 1.49. The number of aryl methyl sites for hydroxylation is 1. The summed E-state index contributed by atoms with van der Waals surface area (Å²) in [6.45, 7) is 8.34. The first-order chi connectivity index (χ1) is 7.04. The summed E-state index contributed by atoms with van der Waals surface area (Å²) in [5, 5.41) is 3.39. The molecule has 1 nitrogen and oxygen atoms in total. The Kier molecular flexibility index (Phi) is 4.13. The maximum Gasteiger partial charge on any atom is 0.126 e. The second-order valence-corrected chi connectivity index (χ2v) is 4.28. The fraction of sp³-hybridized carbons (Fsp3) is 0.538. The molecular weight excluding hydrogens is 189 g/mol. The summed E-state index contributed by atoms with van der Waals surface area (Å²) in [6, 6.07) is 5.58. The third-order valence-electron chi connectivity index (χ3n) is 3.05. The van der Waals surface area contributed by atoms with E-state index in [1.54, 1.807) is 13.0 Å². The highest BCUT2D eigenvalue weighted by Gasteiger charge is 2.09. The highest BCUT2D eigenvalue weighted by molar-refractivity contribution is 5.46. The molecule has 2 unspecified atom stereocenters. The lowest BCUT2D eigenvalue weighted by Crippen LogP contribution is -2.23. The zero-order chi connectivity index (χ0) is 11.4. The number of benzene rings is 1. The van der Waals surface area contributed by atoms with Crippen LogP contribution in [0.1, 0.15) is 32.8 Å². The molecule has 0 saturated carbocycles. The topological polar surface area (TPSA) is 12.0 Å². The highest BCUT2D eigenvalue weighted by atomic mass is 19.1. The van der Waals surface area contributed by atoms with Crippen molar-refractivity contribution < 1.29 is 4.39 Å². The molecule has 0 saturated heterocycles. The van der Waals surface area contributed by atoms with Crippen LogP contribution in [-0.2, 0) is 0 Å². The number of anilines is 1. The van der Waals surface area contributed by atoms with Crippen LogP contribution in [0, 0.1) is 18.7 Å². The summed E-state index contributed by atoms with van der Waals surface area (Å²) in [5.41, 5.74) is 1.69. The molecule has 0 aliphatic heterocycles. The summed E-state index contributed by atoms with van der Waals surface area (Å²) >= 11 is 0. The molecule has 0 aliphatic carbocycles. The van der Waals surface area contributed by atoms with Crippen molar-refractivity contribution in [1.82, 2.24) is 0 Å². The summed E-state index contributed by atoms with van der Waals surface area (Å²) in [4.78, 5) is 0. The van der Waals surface area contributed by atoms with Crippen LogP contribution in [0.5, 0.6) is 0 Å². The summed E-state index contributed by atoms with van der Waals surface area (Å²) < 4.78 is 13.0. The van der Waals surface area contributed by atoms with Crippen LogP contribution in [0.2, 0.25) is 0 Å². The third-order valence-corrected chi connectivity index (χ3v) is 3.05. The van der Waals surface area contributed by atoms with E-state index < -0.39 is 0 Å². The SMILES string of the molecule is CCC(C)C(C)Nc1ccc(F)c(C)c1. The lowest BCUT2D eigenvalue weighted by molar-refractivity contribution is 0.494. The smallest absolute Gasteiger partial charge is 0.126 e. The average Bonchev–Trinajstić information content (AvgIpc) is 2.22. The Bertz CT molecular complexity index is 322. The quantitative estimate of drug-likeness (QED) is 0.791. The Morgan fingerprint density at radius 3 is 2.53 bits per heavy atom. The second-order valence-electron chi connectivity index (χ2n) is 4.28. The largest absolute Gasteiger partial charge is 0.382 e. The van der Waals surface area contributed by atoms with Crippen molar-refractivity contribution in [3.63, 3.8) is 0 Å². The maximum absolute atomic E-state index is 13.0. The van der Waals surface area contributed by atoms with Gasteiger partial charge in [0.1, 0.15) is 5.82 Å². The molecule has 1 aromatic rings. The molecule has 0 aliphatic rings. The van der Waals surface area contributed by atoms with Gasteiger partial charge in [0.25, 0.3) is 0 Å². The predicted octanol–water partition coefficient (Wildman–Crippen LogP) is 3.98. The number of hydrogen-bond acceptors (Lipinski definition) is 1. The minimum atomic E-state index is -0.142. The molecule has 15 heavy (non-hydrogen) atoms. The molecule has 1 rings (SSSR count). The van der Waals surface area contributed by atoms with Crippen molar-refractivity contribution in [2.45, 2.75) is 40.2 Å². The van der Waals surface area contributed by atoms with E-state index in [2.05, 4.69) is 26.1 Å². The number of hydrogen-bond donors (Lipinski definition) is 1. The Morgan fingerprint density at radius 1 is 1.33 bits per heavy atom. The predicted molar refractivity (Wildman–Crippen MR) is 63.7 cm³/mol. The van der Waals surface area contributed by atoms with E-state index in [0.717, 1.165) is 12.1 Å². The molecule has 0 aromatic heterocycles. The van der Waals surface area contributed by atoms with E-state index in [1.807, 2.05) is 6.07 Å². The molecule has 2 heteroatoms. The van der Waals surface area contributed by atoms with E-state index in [-0.39, 0.29) is 5.82 Å². The monoisotopic (exact) mass is 209 g/mol. The van der Waals surface area contributed by atoms with Gasteiger partial charge in [-0.15, -0.1) is 0 Å². The minimum absolute atomic E-state index is 0.142. The van der Waals surface area contributed by atoms with Gasteiger partial charge in [0.2, 0.25) is 0 Å². The number of halogens is 1. The highest BCUT2D eigenvalue weighted by Crippen LogP contribution is 2.17. The molecule has 2 atom stereocenters. The number of nitrogens with one attached hydrogen (secondary N) is 1. The van der Waals surface area contributed by atoms with Crippen LogP contribution < -0.4 is 5.32 Å². The van der Waals surface area contributed by atoms with Gasteiger partial charge in [-0.2, -0.15) is 0 Å². The van der Waals surface area contributed by atoms with E-state index >= 15 is 0 Å².